The molecule has 3 rings (SSSR count). The maximum atomic E-state index is 13.2. The van der Waals surface area contributed by atoms with Crippen molar-refractivity contribution in [2.75, 3.05) is 39.2 Å². The van der Waals surface area contributed by atoms with Crippen LogP contribution < -0.4 is 14.5 Å². The molecule has 0 aliphatic heterocycles. The van der Waals surface area contributed by atoms with E-state index in [-0.39, 0.29) is 5.91 Å². The SMILES string of the molecule is COc1ccc(C(=O)N(CC[NH+](C)C)c2nc3cc(C)c(C)cc3s2)cc1. The van der Waals surface area contributed by atoms with Gasteiger partial charge in [-0.25, -0.2) is 4.98 Å². The molecule has 0 fully saturated rings. The van der Waals surface area contributed by atoms with E-state index in [2.05, 4.69) is 40.1 Å². The van der Waals surface area contributed by atoms with Gasteiger partial charge in [-0.15, -0.1) is 0 Å². The highest BCUT2D eigenvalue weighted by Crippen LogP contribution is 2.31. The van der Waals surface area contributed by atoms with Gasteiger partial charge in [-0.1, -0.05) is 11.3 Å². The first-order valence-corrected chi connectivity index (χ1v) is 9.83. The van der Waals surface area contributed by atoms with Gasteiger partial charge in [-0.05, 0) is 61.4 Å². The van der Waals surface area contributed by atoms with Gasteiger partial charge in [-0.2, -0.15) is 0 Å². The van der Waals surface area contributed by atoms with Crippen molar-refractivity contribution in [1.82, 2.24) is 4.98 Å². The number of hydrogen-bond acceptors (Lipinski definition) is 4. The second-order valence-electron chi connectivity index (χ2n) is 7.04. The molecule has 0 aliphatic rings. The zero-order chi connectivity index (χ0) is 19.6. The number of carbonyl (C=O) groups excluding carboxylic acids is 1. The smallest absolute Gasteiger partial charge is 0.260 e. The Balaban J connectivity index is 1.98. The van der Waals surface area contributed by atoms with Gasteiger partial charge in [0.25, 0.3) is 5.91 Å². The maximum Gasteiger partial charge on any atom is 0.260 e. The van der Waals surface area contributed by atoms with E-state index in [0.717, 1.165) is 27.6 Å². The van der Waals surface area contributed by atoms with E-state index in [9.17, 15) is 4.79 Å². The van der Waals surface area contributed by atoms with Crippen LogP contribution in [0.5, 0.6) is 5.75 Å². The number of benzene rings is 2. The van der Waals surface area contributed by atoms with Crippen molar-refractivity contribution < 1.29 is 14.4 Å². The number of rotatable bonds is 6. The lowest BCUT2D eigenvalue weighted by atomic mass is 10.1. The number of likely N-dealkylation sites (N-methyl/N-ethyl adjacent to an activating group) is 1. The Kier molecular flexibility index (Phi) is 5.77. The van der Waals surface area contributed by atoms with Crippen LogP contribution in [0.25, 0.3) is 10.2 Å². The lowest BCUT2D eigenvalue weighted by molar-refractivity contribution is -0.856. The Bertz CT molecular complexity index is 909. The highest BCUT2D eigenvalue weighted by Gasteiger charge is 2.22. The summed E-state index contributed by atoms with van der Waals surface area (Å²) in [6.07, 6.45) is 0. The van der Waals surface area contributed by atoms with Crippen LogP contribution in [0.2, 0.25) is 0 Å². The number of nitrogens with zero attached hydrogens (tertiary/aromatic N) is 2. The number of ether oxygens (including phenoxy) is 1. The molecule has 0 saturated heterocycles. The Morgan fingerprint density at radius 2 is 1.81 bits per heavy atom. The van der Waals surface area contributed by atoms with E-state index in [1.54, 1.807) is 35.5 Å². The van der Waals surface area contributed by atoms with Crippen LogP contribution in [0.3, 0.4) is 0 Å². The molecule has 6 heteroatoms. The van der Waals surface area contributed by atoms with Crippen molar-refractivity contribution in [2.24, 2.45) is 0 Å². The second-order valence-corrected chi connectivity index (χ2v) is 8.05. The molecule has 0 radical (unpaired) electrons. The molecule has 0 unspecified atom stereocenters. The number of methoxy groups -OCH3 is 1. The van der Waals surface area contributed by atoms with Crippen LogP contribution in [0.1, 0.15) is 21.5 Å². The highest BCUT2D eigenvalue weighted by atomic mass is 32.1. The Morgan fingerprint density at radius 1 is 1.15 bits per heavy atom. The Hall–Kier alpha value is -2.44. The number of carbonyl (C=O) groups is 1. The fraction of sp³-hybridized carbons (Fsp3) is 0.333. The third kappa shape index (κ3) is 4.28. The van der Waals surface area contributed by atoms with E-state index in [4.69, 9.17) is 9.72 Å². The quantitative estimate of drug-likeness (QED) is 0.711. The molecule has 0 atom stereocenters. The summed E-state index contributed by atoms with van der Waals surface area (Å²) in [6, 6.07) is 11.5. The summed E-state index contributed by atoms with van der Waals surface area (Å²) in [7, 11) is 5.79. The first kappa shape index (κ1) is 19.3. The fourth-order valence-corrected chi connectivity index (χ4v) is 3.86. The number of aryl methyl sites for hydroxylation is 2. The topological polar surface area (TPSA) is 46.9 Å². The number of nitrogens with one attached hydrogen (secondary N) is 1. The summed E-state index contributed by atoms with van der Waals surface area (Å²) in [4.78, 5) is 21.1. The summed E-state index contributed by atoms with van der Waals surface area (Å²) >= 11 is 1.57. The average Bonchev–Trinajstić information content (AvgIpc) is 3.04. The zero-order valence-electron chi connectivity index (χ0n) is 16.5. The van der Waals surface area contributed by atoms with E-state index in [1.165, 1.54) is 16.0 Å². The van der Waals surface area contributed by atoms with Crippen LogP contribution in [-0.2, 0) is 0 Å². The molecule has 1 N–H and O–H groups in total. The number of quaternary nitrogens is 1. The van der Waals surface area contributed by atoms with E-state index < -0.39 is 0 Å². The van der Waals surface area contributed by atoms with Crippen molar-refractivity contribution in [3.63, 3.8) is 0 Å². The van der Waals surface area contributed by atoms with E-state index in [1.807, 2.05) is 12.1 Å². The molecule has 0 saturated carbocycles. The molecule has 1 aromatic heterocycles. The lowest BCUT2D eigenvalue weighted by Gasteiger charge is -2.20. The minimum Gasteiger partial charge on any atom is -0.497 e. The predicted octanol–water partition coefficient (Wildman–Crippen LogP) is 2.71. The monoisotopic (exact) mass is 384 g/mol. The van der Waals surface area contributed by atoms with Crippen molar-refractivity contribution in [3.05, 3.63) is 53.1 Å². The number of thiazole rings is 1. The van der Waals surface area contributed by atoms with Crippen LogP contribution in [0.15, 0.2) is 36.4 Å². The molecule has 1 amide bonds. The standard InChI is InChI=1S/C21H25N3O2S/c1-14-12-18-19(13-15(14)2)27-21(22-18)24(11-10-23(3)4)20(25)16-6-8-17(26-5)9-7-16/h6-9,12-13H,10-11H2,1-5H3/p+1. The van der Waals surface area contributed by atoms with Gasteiger partial charge in [0.05, 0.1) is 44.5 Å². The normalized spacial score (nSPS) is 11.2. The molecule has 1 heterocycles. The van der Waals surface area contributed by atoms with Crippen LogP contribution in [0, 0.1) is 13.8 Å². The van der Waals surface area contributed by atoms with Crippen molar-refractivity contribution in [2.45, 2.75) is 13.8 Å². The van der Waals surface area contributed by atoms with Gasteiger partial charge in [0, 0.05) is 5.56 Å². The van der Waals surface area contributed by atoms with Gasteiger partial charge in [0.15, 0.2) is 5.13 Å². The molecular formula is C21H26N3O2S+. The molecule has 3 aromatic rings. The van der Waals surface area contributed by atoms with E-state index >= 15 is 0 Å². The molecular weight excluding hydrogens is 358 g/mol. The average molecular weight is 385 g/mol. The zero-order valence-corrected chi connectivity index (χ0v) is 17.3. The molecule has 0 spiro atoms. The van der Waals surface area contributed by atoms with Gasteiger partial charge in [0.2, 0.25) is 0 Å². The predicted molar refractivity (Wildman–Crippen MR) is 111 cm³/mol. The summed E-state index contributed by atoms with van der Waals surface area (Å²) in [5.74, 6) is 0.702. The first-order chi connectivity index (χ1) is 12.9. The van der Waals surface area contributed by atoms with Crippen molar-refractivity contribution >= 4 is 32.6 Å². The molecule has 142 valence electrons. The summed E-state index contributed by atoms with van der Waals surface area (Å²) < 4.78 is 6.31. The van der Waals surface area contributed by atoms with E-state index in [0.29, 0.717) is 12.1 Å². The molecule has 0 bridgehead atoms. The molecule has 2 aromatic carbocycles. The number of hydrogen-bond donors (Lipinski definition) is 1. The number of fused-ring (bicyclic) bond motifs is 1. The molecule has 0 aliphatic carbocycles. The van der Waals surface area contributed by atoms with Gasteiger partial charge >= 0.3 is 0 Å². The minimum atomic E-state index is -0.0357. The van der Waals surface area contributed by atoms with Crippen LogP contribution >= 0.6 is 11.3 Å². The first-order valence-electron chi connectivity index (χ1n) is 9.02. The third-order valence-electron chi connectivity index (χ3n) is 4.64. The molecule has 5 nitrogen and oxygen atoms in total. The van der Waals surface area contributed by atoms with Gasteiger partial charge < -0.3 is 9.64 Å². The summed E-state index contributed by atoms with van der Waals surface area (Å²) in [6.45, 7) is 5.65. The van der Waals surface area contributed by atoms with Crippen LogP contribution in [0.4, 0.5) is 5.13 Å². The Morgan fingerprint density at radius 3 is 2.44 bits per heavy atom. The number of amides is 1. The summed E-state index contributed by atoms with van der Waals surface area (Å²) in [5, 5.41) is 0.747. The lowest BCUT2D eigenvalue weighted by Crippen LogP contribution is -3.06. The van der Waals surface area contributed by atoms with Gasteiger partial charge in [0.1, 0.15) is 5.75 Å². The highest BCUT2D eigenvalue weighted by molar-refractivity contribution is 7.22. The summed E-state index contributed by atoms with van der Waals surface area (Å²) in [5.41, 5.74) is 4.03. The number of anilines is 1. The van der Waals surface area contributed by atoms with Gasteiger partial charge in [-0.3, -0.25) is 9.69 Å². The van der Waals surface area contributed by atoms with Crippen molar-refractivity contribution in [1.29, 1.82) is 0 Å². The Labute approximate surface area is 164 Å². The fourth-order valence-electron chi connectivity index (χ4n) is 2.79. The second kappa shape index (κ2) is 8.06. The third-order valence-corrected chi connectivity index (χ3v) is 5.68. The minimum absolute atomic E-state index is 0.0357. The largest absolute Gasteiger partial charge is 0.497 e. The van der Waals surface area contributed by atoms with Crippen LogP contribution in [-0.4, -0.2) is 45.2 Å². The number of aromatic nitrogens is 1. The maximum absolute atomic E-state index is 13.2. The van der Waals surface area contributed by atoms with Crippen molar-refractivity contribution in [3.8, 4) is 5.75 Å². The molecule has 27 heavy (non-hydrogen) atoms.